The summed E-state index contributed by atoms with van der Waals surface area (Å²) in [5, 5.41) is 13.6. The Bertz CT molecular complexity index is 867. The number of methoxy groups -OCH3 is 3. The van der Waals surface area contributed by atoms with Crippen LogP contribution in [0, 0.1) is 17.0 Å². The van der Waals surface area contributed by atoms with E-state index in [9.17, 15) is 14.9 Å². The number of amides is 1. The topological polar surface area (TPSA) is 99.9 Å². The summed E-state index contributed by atoms with van der Waals surface area (Å²) < 4.78 is 15.8. The molecule has 142 valence electrons. The number of carbonyl (C=O) groups excluding carboxylic acids is 1. The second-order valence-electron chi connectivity index (χ2n) is 5.49. The van der Waals surface area contributed by atoms with Gasteiger partial charge in [0.25, 0.3) is 5.69 Å². The van der Waals surface area contributed by atoms with Crippen molar-refractivity contribution in [3.63, 3.8) is 0 Å². The first kappa shape index (κ1) is 19.8. The molecule has 8 nitrogen and oxygen atoms in total. The number of nitrogens with one attached hydrogen (secondary N) is 1. The average molecular weight is 372 g/mol. The first-order valence-electron chi connectivity index (χ1n) is 7.94. The summed E-state index contributed by atoms with van der Waals surface area (Å²) in [6.45, 7) is 1.58. The normalized spacial score (nSPS) is 10.5. The Morgan fingerprint density at radius 1 is 1.11 bits per heavy atom. The smallest absolute Gasteiger partial charge is 0.274 e. The molecule has 0 radical (unpaired) electrons. The van der Waals surface area contributed by atoms with Crippen molar-refractivity contribution in [1.82, 2.24) is 0 Å². The molecule has 0 unspecified atom stereocenters. The van der Waals surface area contributed by atoms with Crippen LogP contribution in [0.3, 0.4) is 0 Å². The van der Waals surface area contributed by atoms with Crippen molar-refractivity contribution in [3.05, 3.63) is 57.6 Å². The van der Waals surface area contributed by atoms with E-state index in [-0.39, 0.29) is 5.69 Å². The summed E-state index contributed by atoms with van der Waals surface area (Å²) in [5.41, 5.74) is 1.37. The Morgan fingerprint density at radius 2 is 1.74 bits per heavy atom. The van der Waals surface area contributed by atoms with Gasteiger partial charge in [-0.3, -0.25) is 14.9 Å². The van der Waals surface area contributed by atoms with Crippen LogP contribution in [0.1, 0.15) is 11.1 Å². The molecule has 0 saturated carbocycles. The molecule has 27 heavy (non-hydrogen) atoms. The highest BCUT2D eigenvalue weighted by Gasteiger charge is 2.14. The van der Waals surface area contributed by atoms with Crippen molar-refractivity contribution < 1.29 is 23.9 Å². The Kier molecular flexibility index (Phi) is 6.37. The minimum absolute atomic E-state index is 0.0543. The van der Waals surface area contributed by atoms with Gasteiger partial charge >= 0.3 is 0 Å². The largest absolute Gasteiger partial charge is 0.493 e. The van der Waals surface area contributed by atoms with E-state index >= 15 is 0 Å². The fourth-order valence-electron chi connectivity index (χ4n) is 2.50. The van der Waals surface area contributed by atoms with Crippen molar-refractivity contribution in [3.8, 4) is 17.2 Å². The minimum atomic E-state index is -0.489. The van der Waals surface area contributed by atoms with Crippen LogP contribution < -0.4 is 19.5 Å². The number of nitro benzene ring substituents is 1. The van der Waals surface area contributed by atoms with E-state index in [1.165, 1.54) is 39.5 Å². The molecule has 0 aromatic heterocycles. The van der Waals surface area contributed by atoms with Gasteiger partial charge in [-0.15, -0.1) is 0 Å². The number of nitrogens with zero attached hydrogens (tertiary/aromatic N) is 1. The zero-order valence-electron chi connectivity index (χ0n) is 15.4. The van der Waals surface area contributed by atoms with Crippen molar-refractivity contribution in [2.45, 2.75) is 6.92 Å². The van der Waals surface area contributed by atoms with Crippen LogP contribution in [0.15, 0.2) is 36.4 Å². The molecule has 0 aliphatic heterocycles. The van der Waals surface area contributed by atoms with E-state index < -0.39 is 10.8 Å². The average Bonchev–Trinajstić information content (AvgIpc) is 2.66. The van der Waals surface area contributed by atoms with Gasteiger partial charge < -0.3 is 19.5 Å². The van der Waals surface area contributed by atoms with Gasteiger partial charge in [0.15, 0.2) is 11.5 Å². The molecule has 0 atom stereocenters. The summed E-state index contributed by atoms with van der Waals surface area (Å²) in [6.07, 6.45) is 2.89. The van der Waals surface area contributed by atoms with E-state index in [0.29, 0.717) is 34.1 Å². The second-order valence-corrected chi connectivity index (χ2v) is 5.49. The molecule has 0 spiro atoms. The highest BCUT2D eigenvalue weighted by atomic mass is 16.6. The van der Waals surface area contributed by atoms with Crippen molar-refractivity contribution in [2.24, 2.45) is 0 Å². The lowest BCUT2D eigenvalue weighted by atomic mass is 10.1. The molecular formula is C19H20N2O6. The third-order valence-corrected chi connectivity index (χ3v) is 3.87. The third kappa shape index (κ3) is 4.55. The molecule has 0 fully saturated rings. The lowest BCUT2D eigenvalue weighted by Gasteiger charge is -2.12. The van der Waals surface area contributed by atoms with Crippen LogP contribution in [-0.2, 0) is 4.79 Å². The first-order chi connectivity index (χ1) is 12.9. The highest BCUT2D eigenvalue weighted by Crippen LogP contribution is 2.38. The van der Waals surface area contributed by atoms with Crippen LogP contribution in [0.25, 0.3) is 6.08 Å². The van der Waals surface area contributed by atoms with Crippen molar-refractivity contribution in [1.29, 1.82) is 0 Å². The second kappa shape index (κ2) is 8.70. The van der Waals surface area contributed by atoms with E-state index in [1.807, 2.05) is 0 Å². The fourth-order valence-corrected chi connectivity index (χ4v) is 2.50. The maximum Gasteiger partial charge on any atom is 0.274 e. The van der Waals surface area contributed by atoms with Gasteiger partial charge in [-0.05, 0) is 36.8 Å². The number of carbonyl (C=O) groups is 1. The third-order valence-electron chi connectivity index (χ3n) is 3.87. The van der Waals surface area contributed by atoms with Gasteiger partial charge in [-0.2, -0.15) is 0 Å². The SMILES string of the molecule is COc1cc(/C=C/C(=O)Nc2cccc([N+](=O)[O-])c2C)cc(OC)c1OC. The number of benzene rings is 2. The van der Waals surface area contributed by atoms with Crippen LogP contribution >= 0.6 is 0 Å². The fraction of sp³-hybridized carbons (Fsp3) is 0.211. The molecule has 0 aliphatic rings. The summed E-state index contributed by atoms with van der Waals surface area (Å²) in [6, 6.07) is 7.90. The number of ether oxygens (including phenoxy) is 3. The molecule has 2 aromatic rings. The Balaban J connectivity index is 2.23. The van der Waals surface area contributed by atoms with Crippen LogP contribution in [0.5, 0.6) is 17.2 Å². The Hall–Kier alpha value is -3.55. The van der Waals surface area contributed by atoms with Crippen molar-refractivity contribution >= 4 is 23.4 Å². The molecule has 0 saturated heterocycles. The van der Waals surface area contributed by atoms with Crippen LogP contribution in [0.2, 0.25) is 0 Å². The van der Waals surface area contributed by atoms with Gasteiger partial charge in [-0.1, -0.05) is 6.07 Å². The molecule has 2 aromatic carbocycles. The maximum absolute atomic E-state index is 12.2. The lowest BCUT2D eigenvalue weighted by Crippen LogP contribution is -2.09. The van der Waals surface area contributed by atoms with Gasteiger partial charge in [0.1, 0.15) is 0 Å². The predicted octanol–water partition coefficient (Wildman–Crippen LogP) is 3.58. The molecule has 0 aliphatic carbocycles. The van der Waals surface area contributed by atoms with E-state index in [1.54, 1.807) is 31.2 Å². The lowest BCUT2D eigenvalue weighted by molar-refractivity contribution is -0.385. The minimum Gasteiger partial charge on any atom is -0.493 e. The molecule has 0 bridgehead atoms. The zero-order valence-corrected chi connectivity index (χ0v) is 15.4. The number of anilines is 1. The predicted molar refractivity (Wildman–Crippen MR) is 102 cm³/mol. The van der Waals surface area contributed by atoms with E-state index in [4.69, 9.17) is 14.2 Å². The molecule has 1 amide bonds. The van der Waals surface area contributed by atoms with Crippen molar-refractivity contribution in [2.75, 3.05) is 26.6 Å². The van der Waals surface area contributed by atoms with E-state index in [2.05, 4.69) is 5.32 Å². The molecule has 2 rings (SSSR count). The van der Waals surface area contributed by atoms with E-state index in [0.717, 1.165) is 0 Å². The monoisotopic (exact) mass is 372 g/mol. The molecule has 1 N–H and O–H groups in total. The maximum atomic E-state index is 12.2. The standard InChI is InChI=1S/C19H20N2O6/c1-12-14(6-5-7-15(12)21(23)24)20-18(22)9-8-13-10-16(25-2)19(27-4)17(11-13)26-3/h5-11H,1-4H3,(H,20,22)/b9-8+. The number of nitro groups is 1. The summed E-state index contributed by atoms with van der Waals surface area (Å²) in [4.78, 5) is 22.7. The molecular weight excluding hydrogens is 352 g/mol. The van der Waals surface area contributed by atoms with Crippen LogP contribution in [-0.4, -0.2) is 32.2 Å². The highest BCUT2D eigenvalue weighted by molar-refractivity contribution is 6.02. The molecule has 8 heteroatoms. The summed E-state index contributed by atoms with van der Waals surface area (Å²) in [7, 11) is 4.51. The Morgan fingerprint density at radius 3 is 2.26 bits per heavy atom. The Labute approximate surface area is 156 Å². The van der Waals surface area contributed by atoms with Gasteiger partial charge in [0.05, 0.1) is 37.5 Å². The molecule has 0 heterocycles. The van der Waals surface area contributed by atoms with Gasteiger partial charge in [-0.25, -0.2) is 0 Å². The van der Waals surface area contributed by atoms with Gasteiger partial charge in [0, 0.05) is 12.1 Å². The quantitative estimate of drug-likeness (QED) is 0.453. The number of rotatable bonds is 7. The summed E-state index contributed by atoms with van der Waals surface area (Å²) in [5.74, 6) is 0.957. The van der Waals surface area contributed by atoms with Gasteiger partial charge in [0.2, 0.25) is 11.7 Å². The zero-order chi connectivity index (χ0) is 20.0. The number of hydrogen-bond donors (Lipinski definition) is 1. The van der Waals surface area contributed by atoms with Crippen LogP contribution in [0.4, 0.5) is 11.4 Å². The summed E-state index contributed by atoms with van der Waals surface area (Å²) >= 11 is 0. The number of hydrogen-bond acceptors (Lipinski definition) is 6. The first-order valence-corrected chi connectivity index (χ1v) is 7.94.